The maximum Gasteiger partial charge on any atom is 0.319 e. The molecule has 0 atom stereocenters. The summed E-state index contributed by atoms with van der Waals surface area (Å²) in [6.45, 7) is 4.82. The van der Waals surface area contributed by atoms with Crippen molar-refractivity contribution in [3.63, 3.8) is 0 Å². The van der Waals surface area contributed by atoms with Crippen molar-refractivity contribution in [1.82, 2.24) is 20.5 Å². The van der Waals surface area contributed by atoms with Crippen LogP contribution in [0.1, 0.15) is 62.8 Å². The SMILES string of the molecule is O=C1Nc2c(Cl)cc3nc(CN4CCCCCNCC4)oc3c2C2(CCCCC2)N1. The van der Waals surface area contributed by atoms with Crippen molar-refractivity contribution in [2.24, 2.45) is 0 Å². The second-order valence-electron chi connectivity index (χ2n) is 8.87. The van der Waals surface area contributed by atoms with Crippen LogP contribution in [0.4, 0.5) is 10.5 Å². The molecule has 5 rings (SSSR count). The van der Waals surface area contributed by atoms with Crippen molar-refractivity contribution >= 4 is 34.4 Å². The van der Waals surface area contributed by atoms with Crippen LogP contribution in [0.25, 0.3) is 11.1 Å². The van der Waals surface area contributed by atoms with E-state index in [-0.39, 0.29) is 6.03 Å². The van der Waals surface area contributed by atoms with E-state index in [9.17, 15) is 4.79 Å². The summed E-state index contributed by atoms with van der Waals surface area (Å²) in [7, 11) is 0. The number of amides is 2. The standard InChI is InChI=1S/C22H30ClN5O2/c23-15-13-16-20(18-19(15)26-21(29)27-22(18)7-3-1-4-8-22)30-17(25-16)14-28-11-6-2-5-9-24-10-12-28/h13,24H,1-12,14H2,(H2,26,27,29). The summed E-state index contributed by atoms with van der Waals surface area (Å²) in [5, 5.41) is 10.2. The largest absolute Gasteiger partial charge is 0.439 e. The first-order valence-corrected chi connectivity index (χ1v) is 11.7. The molecule has 3 heterocycles. The van der Waals surface area contributed by atoms with Gasteiger partial charge >= 0.3 is 6.03 Å². The Hall–Kier alpha value is -1.83. The maximum absolute atomic E-state index is 12.4. The number of anilines is 1. The summed E-state index contributed by atoms with van der Waals surface area (Å²) in [5.74, 6) is 0.719. The van der Waals surface area contributed by atoms with E-state index in [1.165, 1.54) is 25.7 Å². The molecular formula is C22H30ClN5O2. The van der Waals surface area contributed by atoms with E-state index in [1.807, 2.05) is 6.07 Å². The zero-order valence-electron chi connectivity index (χ0n) is 17.4. The van der Waals surface area contributed by atoms with E-state index in [4.69, 9.17) is 21.0 Å². The smallest absolute Gasteiger partial charge is 0.319 e. The van der Waals surface area contributed by atoms with Gasteiger partial charge in [-0.3, -0.25) is 4.90 Å². The van der Waals surface area contributed by atoms with Crippen LogP contribution < -0.4 is 16.0 Å². The third-order valence-corrected chi connectivity index (χ3v) is 7.04. The Morgan fingerprint density at radius 2 is 1.93 bits per heavy atom. The molecule has 1 aromatic carbocycles. The number of nitrogens with one attached hydrogen (secondary N) is 3. The molecule has 30 heavy (non-hydrogen) atoms. The molecule has 0 bridgehead atoms. The molecule has 2 fully saturated rings. The highest BCUT2D eigenvalue weighted by molar-refractivity contribution is 6.35. The summed E-state index contributed by atoms with van der Waals surface area (Å²) in [6, 6.07) is 1.64. The van der Waals surface area contributed by atoms with Gasteiger partial charge in [0.25, 0.3) is 0 Å². The number of urea groups is 1. The first-order valence-electron chi connectivity index (χ1n) is 11.3. The fraction of sp³-hybridized carbons (Fsp3) is 0.636. The number of halogens is 1. The Morgan fingerprint density at radius 3 is 2.80 bits per heavy atom. The topological polar surface area (TPSA) is 82.4 Å². The maximum atomic E-state index is 12.4. The van der Waals surface area contributed by atoms with Gasteiger partial charge in [0, 0.05) is 18.7 Å². The quantitative estimate of drug-likeness (QED) is 0.658. The zero-order valence-corrected chi connectivity index (χ0v) is 18.1. The summed E-state index contributed by atoms with van der Waals surface area (Å²) in [5.41, 5.74) is 2.79. The van der Waals surface area contributed by atoms with Crippen molar-refractivity contribution < 1.29 is 9.21 Å². The number of rotatable bonds is 2. The third kappa shape index (κ3) is 3.79. The zero-order chi connectivity index (χ0) is 20.6. The van der Waals surface area contributed by atoms with Gasteiger partial charge in [-0.25, -0.2) is 9.78 Å². The predicted octanol–water partition coefficient (Wildman–Crippen LogP) is 4.35. The number of aromatic nitrogens is 1. The summed E-state index contributed by atoms with van der Waals surface area (Å²) in [4.78, 5) is 19.6. The van der Waals surface area contributed by atoms with Crippen LogP contribution in [0.2, 0.25) is 5.02 Å². The first-order chi connectivity index (χ1) is 14.6. The van der Waals surface area contributed by atoms with E-state index >= 15 is 0 Å². The molecule has 1 aliphatic carbocycles. The summed E-state index contributed by atoms with van der Waals surface area (Å²) in [6.07, 6.45) is 8.82. The highest BCUT2D eigenvalue weighted by Crippen LogP contribution is 2.48. The molecule has 7 nitrogen and oxygen atoms in total. The molecule has 0 radical (unpaired) electrons. The molecule has 8 heteroatoms. The Kier molecular flexibility index (Phi) is 5.60. The van der Waals surface area contributed by atoms with Gasteiger partial charge in [-0.15, -0.1) is 0 Å². The van der Waals surface area contributed by atoms with Crippen LogP contribution >= 0.6 is 11.6 Å². The molecule has 0 unspecified atom stereocenters. The van der Waals surface area contributed by atoms with Crippen molar-refractivity contribution in [3.05, 3.63) is 22.5 Å². The summed E-state index contributed by atoms with van der Waals surface area (Å²) >= 11 is 6.61. The lowest BCUT2D eigenvalue weighted by atomic mass is 9.74. The lowest BCUT2D eigenvalue weighted by Gasteiger charge is -2.42. The van der Waals surface area contributed by atoms with Gasteiger partial charge in [0.15, 0.2) is 5.58 Å². The van der Waals surface area contributed by atoms with Gasteiger partial charge in [-0.2, -0.15) is 0 Å². The van der Waals surface area contributed by atoms with E-state index in [0.717, 1.165) is 74.4 Å². The van der Waals surface area contributed by atoms with E-state index in [1.54, 1.807) is 0 Å². The Balaban J connectivity index is 1.51. The number of carbonyl (C=O) groups excluding carboxylic acids is 1. The van der Waals surface area contributed by atoms with Gasteiger partial charge in [-0.1, -0.05) is 37.3 Å². The fourth-order valence-electron chi connectivity index (χ4n) is 5.27. The third-order valence-electron chi connectivity index (χ3n) is 6.75. The molecule has 162 valence electrons. The number of benzene rings is 1. The Bertz CT molecular complexity index is 927. The van der Waals surface area contributed by atoms with Crippen LogP contribution in [0.3, 0.4) is 0 Å². The molecule has 3 N–H and O–H groups in total. The monoisotopic (exact) mass is 431 g/mol. The minimum Gasteiger partial charge on any atom is -0.439 e. The number of hydrogen-bond acceptors (Lipinski definition) is 5. The molecule has 1 saturated carbocycles. The molecule has 3 aliphatic rings. The first kappa shape index (κ1) is 20.1. The van der Waals surface area contributed by atoms with Gasteiger partial charge in [0.1, 0.15) is 5.52 Å². The number of hydrogen-bond donors (Lipinski definition) is 3. The van der Waals surface area contributed by atoms with Crippen molar-refractivity contribution in [2.45, 2.75) is 63.5 Å². The predicted molar refractivity (Wildman–Crippen MR) is 118 cm³/mol. The van der Waals surface area contributed by atoms with Gasteiger partial charge in [-0.05, 0) is 44.8 Å². The van der Waals surface area contributed by atoms with Gasteiger partial charge in [0.2, 0.25) is 5.89 Å². The number of carbonyl (C=O) groups is 1. The van der Waals surface area contributed by atoms with Crippen molar-refractivity contribution in [2.75, 3.05) is 31.5 Å². The molecule has 2 amide bonds. The molecule has 2 aromatic rings. The number of fused-ring (bicyclic) bond motifs is 4. The summed E-state index contributed by atoms with van der Waals surface area (Å²) < 4.78 is 6.37. The molecule has 1 aromatic heterocycles. The van der Waals surface area contributed by atoms with Crippen molar-refractivity contribution in [1.29, 1.82) is 0 Å². The van der Waals surface area contributed by atoms with Crippen molar-refractivity contribution in [3.8, 4) is 0 Å². The number of nitrogens with zero attached hydrogens (tertiary/aromatic N) is 2. The van der Waals surface area contributed by atoms with Crippen LogP contribution in [-0.2, 0) is 12.1 Å². The van der Waals surface area contributed by atoms with E-state index < -0.39 is 5.54 Å². The van der Waals surface area contributed by atoms with Crippen LogP contribution in [0.5, 0.6) is 0 Å². The average Bonchev–Trinajstić information content (AvgIpc) is 3.16. The van der Waals surface area contributed by atoms with E-state index in [2.05, 4.69) is 20.9 Å². The van der Waals surface area contributed by atoms with Crippen LogP contribution in [-0.4, -0.2) is 42.1 Å². The van der Waals surface area contributed by atoms with E-state index in [0.29, 0.717) is 17.3 Å². The second kappa shape index (κ2) is 8.36. The highest BCUT2D eigenvalue weighted by Gasteiger charge is 2.44. The lowest BCUT2D eigenvalue weighted by molar-refractivity contribution is 0.208. The van der Waals surface area contributed by atoms with Gasteiger partial charge in [0.05, 0.1) is 22.8 Å². The fourth-order valence-corrected chi connectivity index (χ4v) is 5.51. The minimum atomic E-state index is -0.418. The average molecular weight is 432 g/mol. The normalized spacial score (nSPS) is 22.6. The second-order valence-corrected chi connectivity index (χ2v) is 9.28. The Morgan fingerprint density at radius 1 is 1.10 bits per heavy atom. The number of oxazole rings is 1. The van der Waals surface area contributed by atoms with Crippen LogP contribution in [0, 0.1) is 0 Å². The molecule has 1 spiro atoms. The molecular weight excluding hydrogens is 402 g/mol. The Labute approximate surface area is 181 Å². The lowest BCUT2D eigenvalue weighted by Crippen LogP contribution is -2.52. The van der Waals surface area contributed by atoms with Gasteiger partial charge < -0.3 is 20.4 Å². The molecule has 2 aliphatic heterocycles. The molecule has 1 saturated heterocycles. The minimum absolute atomic E-state index is 0.186. The van der Waals surface area contributed by atoms with Crippen LogP contribution in [0.15, 0.2) is 10.5 Å². The highest BCUT2D eigenvalue weighted by atomic mass is 35.5.